The van der Waals surface area contributed by atoms with Crippen molar-refractivity contribution in [2.24, 2.45) is 17.6 Å². The molecule has 4 rings (SSSR count). The molecule has 2 heterocycles. The van der Waals surface area contributed by atoms with Gasteiger partial charge in [0.05, 0.1) is 6.61 Å². The molecular formula is C17H24Cl2N2O. The zero-order valence-corrected chi connectivity index (χ0v) is 14.3. The molecule has 5 heteroatoms. The maximum Gasteiger partial charge on any atom is 0.127 e. The zero-order chi connectivity index (χ0) is 14.4. The van der Waals surface area contributed by atoms with Crippen molar-refractivity contribution in [1.82, 2.24) is 4.90 Å². The minimum Gasteiger partial charge on any atom is -0.493 e. The summed E-state index contributed by atoms with van der Waals surface area (Å²) in [6, 6.07) is 4.52. The van der Waals surface area contributed by atoms with Gasteiger partial charge in [-0.05, 0) is 42.4 Å². The van der Waals surface area contributed by atoms with Gasteiger partial charge in [-0.15, -0.1) is 12.4 Å². The van der Waals surface area contributed by atoms with Crippen molar-refractivity contribution in [3.63, 3.8) is 0 Å². The number of halogens is 2. The molecule has 3 atom stereocenters. The van der Waals surface area contributed by atoms with Gasteiger partial charge in [0.15, 0.2) is 0 Å². The highest BCUT2D eigenvalue weighted by Gasteiger charge is 2.38. The molecule has 0 amide bonds. The lowest BCUT2D eigenvalue weighted by molar-refractivity contribution is 0.259. The molecule has 1 saturated carbocycles. The van der Waals surface area contributed by atoms with Gasteiger partial charge in [-0.25, -0.2) is 0 Å². The van der Waals surface area contributed by atoms with Crippen LogP contribution in [0.2, 0.25) is 5.02 Å². The van der Waals surface area contributed by atoms with Crippen LogP contribution in [0.25, 0.3) is 0 Å². The van der Waals surface area contributed by atoms with Crippen molar-refractivity contribution in [2.45, 2.75) is 38.3 Å². The van der Waals surface area contributed by atoms with Gasteiger partial charge in [-0.1, -0.05) is 18.0 Å². The van der Waals surface area contributed by atoms with Crippen molar-refractivity contribution in [3.8, 4) is 5.75 Å². The molecular weight excluding hydrogens is 319 g/mol. The van der Waals surface area contributed by atoms with Crippen LogP contribution < -0.4 is 10.5 Å². The average Bonchev–Trinajstić information content (AvgIpc) is 3.05. The van der Waals surface area contributed by atoms with Gasteiger partial charge in [0.25, 0.3) is 0 Å². The Morgan fingerprint density at radius 2 is 2.14 bits per heavy atom. The number of rotatable bonds is 2. The van der Waals surface area contributed by atoms with E-state index in [4.69, 9.17) is 22.1 Å². The summed E-state index contributed by atoms with van der Waals surface area (Å²) in [5, 5.41) is 0.836. The number of benzene rings is 1. The van der Waals surface area contributed by atoms with Crippen LogP contribution in [0.4, 0.5) is 0 Å². The van der Waals surface area contributed by atoms with E-state index in [0.29, 0.717) is 12.0 Å². The first-order valence-electron chi connectivity index (χ1n) is 8.13. The van der Waals surface area contributed by atoms with E-state index < -0.39 is 0 Å². The number of fused-ring (bicyclic) bond motifs is 2. The van der Waals surface area contributed by atoms with Crippen LogP contribution in [0, 0.1) is 11.8 Å². The second kappa shape index (κ2) is 6.56. The predicted octanol–water partition coefficient (Wildman–Crippen LogP) is 3.26. The maximum absolute atomic E-state index is 6.32. The summed E-state index contributed by atoms with van der Waals surface area (Å²) in [6.45, 7) is 4.05. The summed E-state index contributed by atoms with van der Waals surface area (Å²) in [7, 11) is 0. The molecule has 0 aromatic heterocycles. The zero-order valence-electron chi connectivity index (χ0n) is 12.8. The van der Waals surface area contributed by atoms with Crippen molar-refractivity contribution < 1.29 is 4.74 Å². The van der Waals surface area contributed by atoms with Crippen LogP contribution in [0.3, 0.4) is 0 Å². The van der Waals surface area contributed by atoms with E-state index in [1.807, 2.05) is 6.07 Å². The molecule has 1 aliphatic carbocycles. The Kier molecular flexibility index (Phi) is 4.89. The molecule has 2 fully saturated rings. The Morgan fingerprint density at radius 1 is 1.27 bits per heavy atom. The largest absolute Gasteiger partial charge is 0.493 e. The van der Waals surface area contributed by atoms with Gasteiger partial charge in [0.1, 0.15) is 5.75 Å². The Bertz CT molecular complexity index is 552. The Labute approximate surface area is 143 Å². The predicted molar refractivity (Wildman–Crippen MR) is 92.0 cm³/mol. The summed E-state index contributed by atoms with van der Waals surface area (Å²) < 4.78 is 5.82. The van der Waals surface area contributed by atoms with Gasteiger partial charge in [-0.2, -0.15) is 0 Å². The summed E-state index contributed by atoms with van der Waals surface area (Å²) >= 11 is 6.26. The molecule has 1 aromatic rings. The van der Waals surface area contributed by atoms with Gasteiger partial charge in [0.2, 0.25) is 0 Å². The molecule has 0 spiro atoms. The maximum atomic E-state index is 6.32. The van der Waals surface area contributed by atoms with E-state index in [1.165, 1.54) is 36.9 Å². The van der Waals surface area contributed by atoms with Gasteiger partial charge >= 0.3 is 0 Å². The molecule has 0 bridgehead atoms. The number of nitrogens with two attached hydrogens (primary N) is 1. The summed E-state index contributed by atoms with van der Waals surface area (Å²) in [6.07, 6.45) is 4.83. The second-order valence-electron chi connectivity index (χ2n) is 6.86. The van der Waals surface area contributed by atoms with E-state index in [0.717, 1.165) is 42.8 Å². The smallest absolute Gasteiger partial charge is 0.127 e. The molecule has 3 unspecified atom stereocenters. The molecule has 3 aliphatic rings. The number of hydrogen-bond donors (Lipinski definition) is 1. The Balaban J connectivity index is 0.00000144. The van der Waals surface area contributed by atoms with Crippen molar-refractivity contribution in [1.29, 1.82) is 0 Å². The first kappa shape index (κ1) is 16.4. The highest BCUT2D eigenvalue weighted by Crippen LogP contribution is 2.38. The van der Waals surface area contributed by atoms with Gasteiger partial charge in [-0.3, -0.25) is 4.90 Å². The number of ether oxygens (including phenoxy) is 1. The first-order chi connectivity index (χ1) is 10.2. The fourth-order valence-electron chi connectivity index (χ4n) is 4.44. The van der Waals surface area contributed by atoms with Crippen LogP contribution in [-0.4, -0.2) is 30.6 Å². The fraction of sp³-hybridized carbons (Fsp3) is 0.647. The van der Waals surface area contributed by atoms with E-state index in [-0.39, 0.29) is 12.4 Å². The molecule has 3 nitrogen and oxygen atoms in total. The summed E-state index contributed by atoms with van der Waals surface area (Å²) in [5.41, 5.74) is 8.84. The molecule has 2 aliphatic heterocycles. The lowest BCUT2D eigenvalue weighted by atomic mass is 9.78. The minimum absolute atomic E-state index is 0. The number of likely N-dealkylation sites (tertiary alicyclic amines) is 1. The lowest BCUT2D eigenvalue weighted by Gasteiger charge is -2.29. The highest BCUT2D eigenvalue weighted by molar-refractivity contribution is 6.30. The normalized spacial score (nSPS) is 30.4. The van der Waals surface area contributed by atoms with Crippen molar-refractivity contribution in [2.75, 3.05) is 19.7 Å². The standard InChI is InChI=1S/C17H23ClN2O.ClH/c18-14-6-11-4-5-21-17(11)13(7-14)9-20-8-12-2-1-3-16(19)15(12)10-20;/h6-7,12,15-16H,1-5,8-10,19H2;1H. The van der Waals surface area contributed by atoms with Crippen LogP contribution in [-0.2, 0) is 13.0 Å². The van der Waals surface area contributed by atoms with E-state index in [1.54, 1.807) is 0 Å². The highest BCUT2D eigenvalue weighted by atomic mass is 35.5. The lowest BCUT2D eigenvalue weighted by Crippen LogP contribution is -2.38. The van der Waals surface area contributed by atoms with Crippen LogP contribution >= 0.6 is 24.0 Å². The van der Waals surface area contributed by atoms with Crippen LogP contribution in [0.15, 0.2) is 12.1 Å². The quantitative estimate of drug-likeness (QED) is 0.896. The third-order valence-corrected chi connectivity index (χ3v) is 5.67. The molecule has 1 aromatic carbocycles. The SMILES string of the molecule is Cl.NC1CCCC2CN(Cc3cc(Cl)cc4c3OCC4)CC12. The van der Waals surface area contributed by atoms with E-state index in [9.17, 15) is 0 Å². The Hall–Kier alpha value is -0.480. The van der Waals surface area contributed by atoms with E-state index in [2.05, 4.69) is 11.0 Å². The number of nitrogens with zero attached hydrogens (tertiary/aromatic N) is 1. The molecule has 0 radical (unpaired) electrons. The molecule has 122 valence electrons. The minimum atomic E-state index is 0. The van der Waals surface area contributed by atoms with Crippen LogP contribution in [0.1, 0.15) is 30.4 Å². The molecule has 22 heavy (non-hydrogen) atoms. The fourth-order valence-corrected chi connectivity index (χ4v) is 4.71. The molecule has 2 N–H and O–H groups in total. The first-order valence-corrected chi connectivity index (χ1v) is 8.50. The summed E-state index contributed by atoms with van der Waals surface area (Å²) in [4.78, 5) is 2.55. The third-order valence-electron chi connectivity index (χ3n) is 5.45. The molecule has 1 saturated heterocycles. The number of hydrogen-bond acceptors (Lipinski definition) is 3. The second-order valence-corrected chi connectivity index (χ2v) is 7.30. The monoisotopic (exact) mass is 342 g/mol. The topological polar surface area (TPSA) is 38.5 Å². The van der Waals surface area contributed by atoms with Crippen molar-refractivity contribution >= 4 is 24.0 Å². The third kappa shape index (κ3) is 2.96. The van der Waals surface area contributed by atoms with Crippen molar-refractivity contribution in [3.05, 3.63) is 28.3 Å². The average molecular weight is 343 g/mol. The van der Waals surface area contributed by atoms with Gasteiger partial charge in [0, 0.05) is 42.7 Å². The Morgan fingerprint density at radius 3 is 2.95 bits per heavy atom. The summed E-state index contributed by atoms with van der Waals surface area (Å²) in [5.74, 6) is 2.56. The van der Waals surface area contributed by atoms with Gasteiger partial charge < -0.3 is 10.5 Å². The van der Waals surface area contributed by atoms with E-state index >= 15 is 0 Å². The van der Waals surface area contributed by atoms with Crippen LogP contribution in [0.5, 0.6) is 5.75 Å².